The molecule has 2 atom stereocenters. The quantitative estimate of drug-likeness (QED) is 0.841. The Hall–Kier alpha value is -1.90. The van der Waals surface area contributed by atoms with E-state index in [0.717, 1.165) is 24.9 Å². The highest BCUT2D eigenvalue weighted by Gasteiger charge is 2.42. The van der Waals surface area contributed by atoms with E-state index in [2.05, 4.69) is 12.2 Å². The molecule has 0 aliphatic heterocycles. The summed E-state index contributed by atoms with van der Waals surface area (Å²) in [4.78, 5) is 24.7. The standard InChI is InChI=1S/C18H21NO2/c1-18-10-6-5-7-13(18)11-16(20)15(12-18)17(21)19-14-8-3-2-4-9-14/h2-4,8-9,11,15H,5-7,10,12H2,1H3,(H,19,21)/t15?,18-/m0/s1. The molecule has 2 aliphatic rings. The smallest absolute Gasteiger partial charge is 0.235 e. The first kappa shape index (κ1) is 14.1. The summed E-state index contributed by atoms with van der Waals surface area (Å²) in [6, 6.07) is 9.33. The van der Waals surface area contributed by atoms with Crippen LogP contribution in [0.5, 0.6) is 0 Å². The Bertz CT molecular complexity index is 590. The van der Waals surface area contributed by atoms with Gasteiger partial charge < -0.3 is 5.32 Å². The predicted octanol–water partition coefficient (Wildman–Crippen LogP) is 3.72. The highest BCUT2D eigenvalue weighted by Crippen LogP contribution is 2.48. The first-order valence-electron chi connectivity index (χ1n) is 7.69. The third-order valence-corrected chi connectivity index (χ3v) is 4.87. The second-order valence-corrected chi connectivity index (χ2v) is 6.45. The highest BCUT2D eigenvalue weighted by molar-refractivity contribution is 6.12. The van der Waals surface area contributed by atoms with Crippen LogP contribution in [0.15, 0.2) is 42.0 Å². The van der Waals surface area contributed by atoms with Crippen molar-refractivity contribution in [2.75, 3.05) is 5.32 Å². The van der Waals surface area contributed by atoms with Crippen molar-refractivity contribution in [3.05, 3.63) is 42.0 Å². The van der Waals surface area contributed by atoms with E-state index in [0.29, 0.717) is 6.42 Å². The first-order chi connectivity index (χ1) is 10.1. The van der Waals surface area contributed by atoms with E-state index < -0.39 is 5.92 Å². The van der Waals surface area contributed by atoms with Gasteiger partial charge in [0.05, 0.1) is 0 Å². The van der Waals surface area contributed by atoms with Crippen molar-refractivity contribution >= 4 is 17.4 Å². The molecule has 1 aromatic carbocycles. The summed E-state index contributed by atoms with van der Waals surface area (Å²) in [5, 5.41) is 2.87. The number of allylic oxidation sites excluding steroid dienone is 2. The van der Waals surface area contributed by atoms with Crippen LogP contribution in [0, 0.1) is 11.3 Å². The van der Waals surface area contributed by atoms with Gasteiger partial charge in [0.25, 0.3) is 0 Å². The Balaban J connectivity index is 1.78. The molecule has 3 rings (SSSR count). The third kappa shape index (κ3) is 2.78. The molecule has 110 valence electrons. The van der Waals surface area contributed by atoms with Crippen molar-refractivity contribution < 1.29 is 9.59 Å². The Morgan fingerprint density at radius 3 is 2.76 bits per heavy atom. The zero-order valence-electron chi connectivity index (χ0n) is 12.4. The number of hydrogen-bond donors (Lipinski definition) is 1. The molecule has 0 saturated heterocycles. The Kier molecular flexibility index (Phi) is 3.66. The van der Waals surface area contributed by atoms with Gasteiger partial charge in [-0.15, -0.1) is 0 Å². The van der Waals surface area contributed by atoms with Crippen LogP contribution in [0.25, 0.3) is 0 Å². The van der Waals surface area contributed by atoms with Gasteiger partial charge in [0.1, 0.15) is 5.92 Å². The average Bonchev–Trinajstić information content (AvgIpc) is 2.48. The number of benzene rings is 1. The Labute approximate surface area is 125 Å². The van der Waals surface area contributed by atoms with Gasteiger partial charge in [0, 0.05) is 5.69 Å². The topological polar surface area (TPSA) is 46.2 Å². The number of anilines is 1. The van der Waals surface area contributed by atoms with Gasteiger partial charge in [-0.05, 0) is 49.3 Å². The van der Waals surface area contributed by atoms with Crippen LogP contribution in [0.3, 0.4) is 0 Å². The lowest BCUT2D eigenvalue weighted by atomic mass is 9.63. The molecular weight excluding hydrogens is 262 g/mol. The maximum atomic E-state index is 12.4. The van der Waals surface area contributed by atoms with E-state index in [4.69, 9.17) is 0 Å². The SMILES string of the molecule is C[C@@]12CCCCC1=CC(=O)C(C(=O)Nc1ccccc1)C2. The molecule has 0 heterocycles. The van der Waals surface area contributed by atoms with Crippen LogP contribution in [-0.2, 0) is 9.59 Å². The molecule has 1 unspecified atom stereocenters. The minimum Gasteiger partial charge on any atom is -0.325 e. The molecule has 1 fully saturated rings. The summed E-state index contributed by atoms with van der Waals surface area (Å²) in [7, 11) is 0. The monoisotopic (exact) mass is 283 g/mol. The highest BCUT2D eigenvalue weighted by atomic mass is 16.2. The molecule has 3 nitrogen and oxygen atoms in total. The molecule has 0 radical (unpaired) electrons. The summed E-state index contributed by atoms with van der Waals surface area (Å²) in [6.07, 6.45) is 6.84. The zero-order chi connectivity index (χ0) is 14.9. The largest absolute Gasteiger partial charge is 0.325 e. The molecule has 1 N–H and O–H groups in total. The minimum atomic E-state index is -0.544. The number of rotatable bonds is 2. The van der Waals surface area contributed by atoms with Crippen LogP contribution in [-0.4, -0.2) is 11.7 Å². The van der Waals surface area contributed by atoms with Gasteiger partial charge in [0.2, 0.25) is 5.91 Å². The molecule has 0 aromatic heterocycles. The van der Waals surface area contributed by atoms with E-state index in [1.54, 1.807) is 6.08 Å². The lowest BCUT2D eigenvalue weighted by Gasteiger charge is -2.41. The summed E-state index contributed by atoms with van der Waals surface area (Å²) >= 11 is 0. The van der Waals surface area contributed by atoms with Crippen molar-refractivity contribution in [3.63, 3.8) is 0 Å². The van der Waals surface area contributed by atoms with Gasteiger partial charge in [-0.25, -0.2) is 0 Å². The molecule has 0 bridgehead atoms. The van der Waals surface area contributed by atoms with Crippen molar-refractivity contribution in [3.8, 4) is 0 Å². The molecule has 2 aliphatic carbocycles. The zero-order valence-corrected chi connectivity index (χ0v) is 12.4. The normalized spacial score (nSPS) is 28.5. The van der Waals surface area contributed by atoms with E-state index in [9.17, 15) is 9.59 Å². The molecule has 0 spiro atoms. The van der Waals surface area contributed by atoms with Crippen LogP contribution in [0.1, 0.15) is 39.0 Å². The number of carbonyl (C=O) groups is 2. The third-order valence-electron chi connectivity index (χ3n) is 4.87. The van der Waals surface area contributed by atoms with Crippen molar-refractivity contribution in [1.82, 2.24) is 0 Å². The number of nitrogens with one attached hydrogen (secondary N) is 1. The van der Waals surface area contributed by atoms with E-state index in [1.165, 1.54) is 12.0 Å². The van der Waals surface area contributed by atoms with E-state index >= 15 is 0 Å². The van der Waals surface area contributed by atoms with Crippen LogP contribution >= 0.6 is 0 Å². The van der Waals surface area contributed by atoms with Gasteiger partial charge >= 0.3 is 0 Å². The van der Waals surface area contributed by atoms with Gasteiger partial charge in [-0.2, -0.15) is 0 Å². The molecule has 1 aromatic rings. The summed E-state index contributed by atoms with van der Waals surface area (Å²) in [5.74, 6) is -0.747. The molecule has 1 saturated carbocycles. The average molecular weight is 283 g/mol. The Morgan fingerprint density at radius 1 is 1.24 bits per heavy atom. The van der Waals surface area contributed by atoms with E-state index in [1.807, 2.05) is 30.3 Å². The fourth-order valence-electron chi connectivity index (χ4n) is 3.57. The van der Waals surface area contributed by atoms with Gasteiger partial charge in [-0.3, -0.25) is 9.59 Å². The molecular formula is C18H21NO2. The van der Waals surface area contributed by atoms with Crippen LogP contribution in [0.4, 0.5) is 5.69 Å². The number of amides is 1. The second kappa shape index (κ2) is 5.47. The predicted molar refractivity (Wildman–Crippen MR) is 82.8 cm³/mol. The minimum absolute atomic E-state index is 0.0298. The summed E-state index contributed by atoms with van der Waals surface area (Å²) in [5.41, 5.74) is 2.03. The number of fused-ring (bicyclic) bond motifs is 1. The maximum Gasteiger partial charge on any atom is 0.235 e. The maximum absolute atomic E-state index is 12.4. The summed E-state index contributed by atoms with van der Waals surface area (Å²) in [6.45, 7) is 2.20. The molecule has 1 amide bonds. The van der Waals surface area contributed by atoms with Crippen LogP contribution in [0.2, 0.25) is 0 Å². The number of para-hydroxylation sites is 1. The van der Waals surface area contributed by atoms with Gasteiger partial charge in [0.15, 0.2) is 5.78 Å². The summed E-state index contributed by atoms with van der Waals surface area (Å²) < 4.78 is 0. The van der Waals surface area contributed by atoms with E-state index in [-0.39, 0.29) is 17.1 Å². The van der Waals surface area contributed by atoms with Crippen molar-refractivity contribution in [1.29, 1.82) is 0 Å². The van der Waals surface area contributed by atoms with Gasteiger partial charge in [-0.1, -0.05) is 37.1 Å². The number of carbonyl (C=O) groups excluding carboxylic acids is 2. The number of ketones is 1. The molecule has 21 heavy (non-hydrogen) atoms. The van der Waals surface area contributed by atoms with Crippen molar-refractivity contribution in [2.45, 2.75) is 39.0 Å². The lowest BCUT2D eigenvalue weighted by molar-refractivity contribution is -0.130. The second-order valence-electron chi connectivity index (χ2n) is 6.45. The lowest BCUT2D eigenvalue weighted by Crippen LogP contribution is -2.39. The van der Waals surface area contributed by atoms with Crippen LogP contribution < -0.4 is 5.32 Å². The first-order valence-corrected chi connectivity index (χ1v) is 7.69. The fourth-order valence-corrected chi connectivity index (χ4v) is 3.57. The Morgan fingerprint density at radius 2 is 2.00 bits per heavy atom. The fraction of sp³-hybridized carbons (Fsp3) is 0.444. The number of hydrogen-bond acceptors (Lipinski definition) is 2. The molecule has 3 heteroatoms. The van der Waals surface area contributed by atoms with Crippen molar-refractivity contribution in [2.24, 2.45) is 11.3 Å².